The van der Waals surface area contributed by atoms with Crippen molar-refractivity contribution in [3.63, 3.8) is 0 Å². The van der Waals surface area contributed by atoms with E-state index in [-0.39, 0.29) is 5.60 Å². The molecule has 1 atom stereocenters. The maximum Gasteiger partial charge on any atom is 0.0805 e. The lowest BCUT2D eigenvalue weighted by Gasteiger charge is -2.39. The SMILES string of the molecule is CCC1CCC(CN)(OCC(C)O)CC1. The molecule has 3 N–H and O–H groups in total. The van der Waals surface area contributed by atoms with Crippen molar-refractivity contribution < 1.29 is 9.84 Å². The second-order valence-electron chi connectivity index (χ2n) is 4.90. The molecule has 0 saturated heterocycles. The van der Waals surface area contributed by atoms with Crippen LogP contribution in [0.2, 0.25) is 0 Å². The maximum atomic E-state index is 9.23. The average molecular weight is 215 g/mol. The lowest BCUT2D eigenvalue weighted by Crippen LogP contribution is -2.45. The number of aliphatic hydroxyl groups excluding tert-OH is 1. The zero-order valence-electron chi connectivity index (χ0n) is 10.0. The molecule has 15 heavy (non-hydrogen) atoms. The summed E-state index contributed by atoms with van der Waals surface area (Å²) < 4.78 is 5.80. The molecule has 0 aliphatic heterocycles. The molecule has 3 nitrogen and oxygen atoms in total. The Hall–Kier alpha value is -0.120. The van der Waals surface area contributed by atoms with Crippen molar-refractivity contribution in [3.05, 3.63) is 0 Å². The molecule has 0 amide bonds. The molecule has 1 saturated carbocycles. The number of aliphatic hydroxyl groups is 1. The summed E-state index contributed by atoms with van der Waals surface area (Å²) in [6, 6.07) is 0. The summed E-state index contributed by atoms with van der Waals surface area (Å²) in [6.45, 7) is 4.99. The molecule has 1 unspecified atom stereocenters. The molecule has 0 radical (unpaired) electrons. The fourth-order valence-electron chi connectivity index (χ4n) is 2.32. The number of hydrogen-bond acceptors (Lipinski definition) is 3. The van der Waals surface area contributed by atoms with Crippen molar-refractivity contribution in [3.8, 4) is 0 Å². The average Bonchev–Trinajstić information content (AvgIpc) is 2.27. The summed E-state index contributed by atoms with van der Waals surface area (Å²) in [6.07, 6.45) is 5.40. The van der Waals surface area contributed by atoms with Gasteiger partial charge in [0.25, 0.3) is 0 Å². The zero-order chi connectivity index (χ0) is 11.3. The van der Waals surface area contributed by atoms with E-state index in [0.29, 0.717) is 13.2 Å². The molecule has 1 rings (SSSR count). The van der Waals surface area contributed by atoms with Crippen LogP contribution in [-0.4, -0.2) is 30.0 Å². The van der Waals surface area contributed by atoms with E-state index in [0.717, 1.165) is 18.8 Å². The monoisotopic (exact) mass is 215 g/mol. The number of nitrogens with two attached hydrogens (primary N) is 1. The van der Waals surface area contributed by atoms with Gasteiger partial charge in [-0.1, -0.05) is 13.3 Å². The summed E-state index contributed by atoms with van der Waals surface area (Å²) >= 11 is 0. The predicted octanol–water partition coefficient (Wildman–Crippen LogP) is 1.68. The zero-order valence-corrected chi connectivity index (χ0v) is 10.0. The van der Waals surface area contributed by atoms with Gasteiger partial charge in [-0.25, -0.2) is 0 Å². The van der Waals surface area contributed by atoms with Crippen LogP contribution in [0.1, 0.15) is 46.0 Å². The number of ether oxygens (including phenoxy) is 1. The van der Waals surface area contributed by atoms with Gasteiger partial charge in [-0.2, -0.15) is 0 Å². The molecule has 0 spiro atoms. The minimum absolute atomic E-state index is 0.150. The van der Waals surface area contributed by atoms with Crippen molar-refractivity contribution in [2.45, 2.75) is 57.7 Å². The first-order valence-electron chi connectivity index (χ1n) is 6.14. The van der Waals surface area contributed by atoms with Crippen molar-refractivity contribution in [1.82, 2.24) is 0 Å². The molecular weight excluding hydrogens is 190 g/mol. The van der Waals surface area contributed by atoms with E-state index in [2.05, 4.69) is 6.92 Å². The topological polar surface area (TPSA) is 55.5 Å². The van der Waals surface area contributed by atoms with Gasteiger partial charge in [-0.05, 0) is 38.5 Å². The highest BCUT2D eigenvalue weighted by Crippen LogP contribution is 2.35. The van der Waals surface area contributed by atoms with Crippen LogP contribution in [0.4, 0.5) is 0 Å². The molecule has 0 aromatic carbocycles. The van der Waals surface area contributed by atoms with Crippen LogP contribution in [-0.2, 0) is 4.74 Å². The second kappa shape index (κ2) is 5.83. The molecule has 0 heterocycles. The van der Waals surface area contributed by atoms with E-state index in [1.165, 1.54) is 19.3 Å². The fraction of sp³-hybridized carbons (Fsp3) is 1.00. The Balaban J connectivity index is 2.41. The van der Waals surface area contributed by atoms with E-state index in [1.54, 1.807) is 6.92 Å². The highest BCUT2D eigenvalue weighted by atomic mass is 16.5. The van der Waals surface area contributed by atoms with Crippen LogP contribution < -0.4 is 5.73 Å². The minimum atomic E-state index is -0.391. The molecule has 1 aliphatic carbocycles. The quantitative estimate of drug-likeness (QED) is 0.733. The minimum Gasteiger partial charge on any atom is -0.391 e. The molecular formula is C12H25NO2. The van der Waals surface area contributed by atoms with Crippen LogP contribution in [0.3, 0.4) is 0 Å². The Morgan fingerprint density at radius 2 is 2.07 bits per heavy atom. The van der Waals surface area contributed by atoms with Crippen molar-refractivity contribution in [2.24, 2.45) is 11.7 Å². The van der Waals surface area contributed by atoms with Gasteiger partial charge in [0.1, 0.15) is 0 Å². The van der Waals surface area contributed by atoms with Gasteiger partial charge in [0.05, 0.1) is 18.3 Å². The van der Waals surface area contributed by atoms with E-state index in [9.17, 15) is 5.11 Å². The molecule has 0 bridgehead atoms. The third kappa shape index (κ3) is 3.74. The highest BCUT2D eigenvalue weighted by molar-refractivity contribution is 4.88. The van der Waals surface area contributed by atoms with Gasteiger partial charge in [-0.15, -0.1) is 0 Å². The Bertz CT molecular complexity index is 174. The fourth-order valence-corrected chi connectivity index (χ4v) is 2.32. The van der Waals surface area contributed by atoms with Gasteiger partial charge in [0.2, 0.25) is 0 Å². The normalized spacial score (nSPS) is 34.0. The Morgan fingerprint density at radius 3 is 2.47 bits per heavy atom. The van der Waals surface area contributed by atoms with Gasteiger partial charge < -0.3 is 15.6 Å². The first-order valence-corrected chi connectivity index (χ1v) is 6.14. The number of rotatable bonds is 5. The largest absolute Gasteiger partial charge is 0.391 e. The molecule has 1 fully saturated rings. The summed E-state index contributed by atoms with van der Waals surface area (Å²) in [5.41, 5.74) is 5.65. The van der Waals surface area contributed by atoms with Gasteiger partial charge in [-0.3, -0.25) is 0 Å². The van der Waals surface area contributed by atoms with Crippen LogP contribution in [0.15, 0.2) is 0 Å². The maximum absolute atomic E-state index is 9.23. The van der Waals surface area contributed by atoms with E-state index < -0.39 is 6.10 Å². The summed E-state index contributed by atoms with van der Waals surface area (Å²) in [4.78, 5) is 0. The first-order chi connectivity index (χ1) is 7.12. The van der Waals surface area contributed by atoms with Crippen molar-refractivity contribution in [1.29, 1.82) is 0 Å². The lowest BCUT2D eigenvalue weighted by molar-refractivity contribution is -0.0960. The molecule has 3 heteroatoms. The standard InChI is InChI=1S/C12H25NO2/c1-3-11-4-6-12(9-13,7-5-11)15-8-10(2)14/h10-11,14H,3-9,13H2,1-2H3. The lowest BCUT2D eigenvalue weighted by atomic mass is 9.77. The number of hydrogen-bond donors (Lipinski definition) is 2. The third-order valence-electron chi connectivity index (χ3n) is 3.60. The Labute approximate surface area is 93.0 Å². The second-order valence-corrected chi connectivity index (χ2v) is 4.90. The van der Waals surface area contributed by atoms with Crippen LogP contribution in [0.5, 0.6) is 0 Å². The summed E-state index contributed by atoms with van der Waals surface area (Å²) in [5.74, 6) is 0.847. The Kier molecular flexibility index (Phi) is 5.03. The van der Waals surface area contributed by atoms with Crippen molar-refractivity contribution in [2.75, 3.05) is 13.2 Å². The van der Waals surface area contributed by atoms with Crippen LogP contribution in [0.25, 0.3) is 0 Å². The molecule has 0 aromatic heterocycles. The summed E-state index contributed by atoms with van der Waals surface area (Å²) in [7, 11) is 0. The van der Waals surface area contributed by atoms with E-state index in [1.807, 2.05) is 0 Å². The van der Waals surface area contributed by atoms with Gasteiger partial charge >= 0.3 is 0 Å². The van der Waals surface area contributed by atoms with Gasteiger partial charge in [0, 0.05) is 6.54 Å². The Morgan fingerprint density at radius 1 is 1.47 bits per heavy atom. The van der Waals surface area contributed by atoms with Crippen molar-refractivity contribution >= 4 is 0 Å². The predicted molar refractivity (Wildman–Crippen MR) is 61.7 cm³/mol. The van der Waals surface area contributed by atoms with E-state index >= 15 is 0 Å². The van der Waals surface area contributed by atoms with Crippen LogP contribution >= 0.6 is 0 Å². The van der Waals surface area contributed by atoms with Gasteiger partial charge in [0.15, 0.2) is 0 Å². The van der Waals surface area contributed by atoms with Crippen LogP contribution in [0, 0.1) is 5.92 Å². The van der Waals surface area contributed by atoms with E-state index in [4.69, 9.17) is 10.5 Å². The first kappa shape index (κ1) is 12.9. The summed E-state index contributed by atoms with van der Waals surface area (Å²) in [5, 5.41) is 9.23. The molecule has 1 aliphatic rings. The molecule has 90 valence electrons. The highest BCUT2D eigenvalue weighted by Gasteiger charge is 2.34. The molecule has 0 aromatic rings. The third-order valence-corrected chi connectivity index (χ3v) is 3.60. The smallest absolute Gasteiger partial charge is 0.0805 e.